The molecule has 0 unspecified atom stereocenters. The summed E-state index contributed by atoms with van der Waals surface area (Å²) < 4.78 is 6.20. The number of nitrogens with one attached hydrogen (secondary N) is 1. The van der Waals surface area contributed by atoms with Gasteiger partial charge in [0.1, 0.15) is 11.9 Å². The van der Waals surface area contributed by atoms with Crippen LogP contribution in [0.5, 0.6) is 5.75 Å². The topological polar surface area (TPSA) is 21.3 Å². The number of hydrogen-bond donors (Lipinski definition) is 1. The standard InChI is InChI=1S/C17H20ClNO.ClH/c1-19-12-11-17(14-7-3-2-4-8-14)20-16-10-6-5-9-15(16)13-18;/h2-10,17,19H,11-13H2,1H3;1H/t17-;/m1./s1. The van der Waals surface area contributed by atoms with Crippen LogP contribution in [0.25, 0.3) is 0 Å². The summed E-state index contributed by atoms with van der Waals surface area (Å²) in [4.78, 5) is 0. The molecule has 2 aromatic carbocycles. The van der Waals surface area contributed by atoms with E-state index < -0.39 is 0 Å². The van der Waals surface area contributed by atoms with E-state index in [-0.39, 0.29) is 18.5 Å². The van der Waals surface area contributed by atoms with Gasteiger partial charge in [0, 0.05) is 12.0 Å². The lowest BCUT2D eigenvalue weighted by Crippen LogP contribution is -2.16. The van der Waals surface area contributed by atoms with Crippen molar-refractivity contribution in [2.75, 3.05) is 13.6 Å². The summed E-state index contributed by atoms with van der Waals surface area (Å²) in [6.45, 7) is 0.905. The van der Waals surface area contributed by atoms with Gasteiger partial charge in [-0.2, -0.15) is 0 Å². The maximum absolute atomic E-state index is 6.20. The third kappa shape index (κ3) is 5.24. The van der Waals surface area contributed by atoms with E-state index in [0.29, 0.717) is 5.88 Å². The molecule has 4 heteroatoms. The quantitative estimate of drug-likeness (QED) is 0.752. The molecule has 2 rings (SSSR count). The highest BCUT2D eigenvalue weighted by Gasteiger charge is 2.14. The highest BCUT2D eigenvalue weighted by Crippen LogP contribution is 2.28. The monoisotopic (exact) mass is 325 g/mol. The van der Waals surface area contributed by atoms with Gasteiger partial charge >= 0.3 is 0 Å². The highest BCUT2D eigenvalue weighted by molar-refractivity contribution is 6.17. The van der Waals surface area contributed by atoms with Crippen molar-refractivity contribution in [3.63, 3.8) is 0 Å². The number of ether oxygens (including phenoxy) is 1. The van der Waals surface area contributed by atoms with Gasteiger partial charge in [-0.3, -0.25) is 0 Å². The molecular formula is C17H21Cl2NO. The number of halogens is 2. The number of para-hydroxylation sites is 1. The Labute approximate surface area is 137 Å². The Kier molecular flexibility index (Phi) is 8.21. The van der Waals surface area contributed by atoms with Crippen LogP contribution in [0.1, 0.15) is 23.7 Å². The molecule has 0 saturated heterocycles. The average Bonchev–Trinajstić information content (AvgIpc) is 2.52. The molecule has 0 aromatic heterocycles. The third-order valence-corrected chi connectivity index (χ3v) is 3.50. The number of alkyl halides is 1. The molecule has 0 radical (unpaired) electrons. The summed E-state index contributed by atoms with van der Waals surface area (Å²) in [5, 5.41) is 3.18. The summed E-state index contributed by atoms with van der Waals surface area (Å²) in [6.07, 6.45) is 0.949. The molecule has 0 aliphatic carbocycles. The summed E-state index contributed by atoms with van der Waals surface area (Å²) in [7, 11) is 1.95. The first-order valence-electron chi connectivity index (χ1n) is 6.85. The largest absolute Gasteiger partial charge is 0.485 e. The molecule has 0 heterocycles. The van der Waals surface area contributed by atoms with E-state index in [1.165, 1.54) is 5.56 Å². The molecule has 0 aliphatic heterocycles. The highest BCUT2D eigenvalue weighted by atomic mass is 35.5. The molecule has 0 aliphatic rings. The first-order chi connectivity index (χ1) is 9.85. The first kappa shape index (κ1) is 17.8. The molecule has 1 N–H and O–H groups in total. The van der Waals surface area contributed by atoms with Gasteiger partial charge in [0.05, 0.1) is 5.88 Å². The zero-order chi connectivity index (χ0) is 14.2. The second kappa shape index (κ2) is 9.67. The Balaban J connectivity index is 0.00000220. The van der Waals surface area contributed by atoms with E-state index >= 15 is 0 Å². The molecule has 0 saturated carbocycles. The van der Waals surface area contributed by atoms with Crippen LogP contribution in [0.4, 0.5) is 0 Å². The molecule has 0 bridgehead atoms. The smallest absolute Gasteiger partial charge is 0.125 e. The van der Waals surface area contributed by atoms with Crippen LogP contribution in [-0.4, -0.2) is 13.6 Å². The predicted molar refractivity (Wildman–Crippen MR) is 91.6 cm³/mol. The molecule has 1 atom stereocenters. The van der Waals surface area contributed by atoms with Crippen molar-refractivity contribution in [2.45, 2.75) is 18.4 Å². The molecule has 114 valence electrons. The van der Waals surface area contributed by atoms with E-state index in [9.17, 15) is 0 Å². The maximum atomic E-state index is 6.20. The van der Waals surface area contributed by atoms with Gasteiger partial charge in [-0.05, 0) is 25.2 Å². The fourth-order valence-electron chi connectivity index (χ4n) is 2.12. The van der Waals surface area contributed by atoms with E-state index in [1.54, 1.807) is 0 Å². The molecule has 0 fully saturated rings. The van der Waals surface area contributed by atoms with Crippen LogP contribution in [-0.2, 0) is 5.88 Å². The Bertz CT molecular complexity index is 519. The molecule has 2 nitrogen and oxygen atoms in total. The van der Waals surface area contributed by atoms with Crippen molar-refractivity contribution in [1.29, 1.82) is 0 Å². The Morgan fingerprint density at radius 2 is 1.71 bits per heavy atom. The minimum absolute atomic E-state index is 0. The molecule has 0 spiro atoms. The zero-order valence-corrected chi connectivity index (χ0v) is 13.7. The van der Waals surface area contributed by atoms with Crippen LogP contribution < -0.4 is 10.1 Å². The summed E-state index contributed by atoms with van der Waals surface area (Å²) in [6, 6.07) is 18.2. The van der Waals surface area contributed by atoms with E-state index in [0.717, 1.165) is 24.3 Å². The second-order valence-electron chi connectivity index (χ2n) is 4.65. The predicted octanol–water partition coefficient (Wildman–Crippen LogP) is 4.58. The fourth-order valence-corrected chi connectivity index (χ4v) is 2.34. The molecule has 21 heavy (non-hydrogen) atoms. The van der Waals surface area contributed by atoms with Gasteiger partial charge in [-0.15, -0.1) is 24.0 Å². The summed E-state index contributed by atoms with van der Waals surface area (Å²) in [5.74, 6) is 1.33. The second-order valence-corrected chi connectivity index (χ2v) is 4.92. The zero-order valence-electron chi connectivity index (χ0n) is 12.1. The van der Waals surface area contributed by atoms with Gasteiger partial charge in [0.2, 0.25) is 0 Å². The fraction of sp³-hybridized carbons (Fsp3) is 0.294. The lowest BCUT2D eigenvalue weighted by Gasteiger charge is -2.21. The van der Waals surface area contributed by atoms with Gasteiger partial charge in [-0.25, -0.2) is 0 Å². The Morgan fingerprint density at radius 3 is 2.38 bits per heavy atom. The molecular weight excluding hydrogens is 305 g/mol. The number of benzene rings is 2. The lowest BCUT2D eigenvalue weighted by atomic mass is 10.1. The maximum Gasteiger partial charge on any atom is 0.125 e. The summed E-state index contributed by atoms with van der Waals surface area (Å²) >= 11 is 5.97. The Hall–Kier alpha value is -1.22. The van der Waals surface area contributed by atoms with Gasteiger partial charge in [0.25, 0.3) is 0 Å². The minimum atomic E-state index is 0. The van der Waals surface area contributed by atoms with Crippen molar-refractivity contribution in [2.24, 2.45) is 0 Å². The van der Waals surface area contributed by atoms with Crippen LogP contribution in [0.3, 0.4) is 0 Å². The van der Waals surface area contributed by atoms with Crippen LogP contribution in [0.15, 0.2) is 54.6 Å². The van der Waals surface area contributed by atoms with E-state index in [4.69, 9.17) is 16.3 Å². The number of rotatable bonds is 7. The van der Waals surface area contributed by atoms with E-state index in [2.05, 4.69) is 17.4 Å². The molecule has 2 aromatic rings. The Morgan fingerprint density at radius 1 is 1.05 bits per heavy atom. The average molecular weight is 326 g/mol. The van der Waals surface area contributed by atoms with Crippen molar-refractivity contribution >= 4 is 24.0 Å². The van der Waals surface area contributed by atoms with Crippen LogP contribution in [0, 0.1) is 0 Å². The van der Waals surface area contributed by atoms with Gasteiger partial charge in [0.15, 0.2) is 0 Å². The van der Waals surface area contributed by atoms with Crippen molar-refractivity contribution < 1.29 is 4.74 Å². The van der Waals surface area contributed by atoms with Gasteiger partial charge < -0.3 is 10.1 Å². The number of hydrogen-bond acceptors (Lipinski definition) is 2. The van der Waals surface area contributed by atoms with Gasteiger partial charge in [-0.1, -0.05) is 48.5 Å². The van der Waals surface area contributed by atoms with Crippen molar-refractivity contribution in [3.05, 3.63) is 65.7 Å². The third-order valence-electron chi connectivity index (χ3n) is 3.21. The first-order valence-corrected chi connectivity index (χ1v) is 7.38. The SMILES string of the molecule is CNCC[C@@H](Oc1ccccc1CCl)c1ccccc1.Cl. The van der Waals surface area contributed by atoms with E-state index in [1.807, 2.05) is 49.5 Å². The normalized spacial score (nSPS) is 11.5. The van der Waals surface area contributed by atoms with Crippen molar-refractivity contribution in [3.8, 4) is 5.75 Å². The minimum Gasteiger partial charge on any atom is -0.485 e. The lowest BCUT2D eigenvalue weighted by molar-refractivity contribution is 0.193. The van der Waals surface area contributed by atoms with Crippen LogP contribution in [0.2, 0.25) is 0 Å². The van der Waals surface area contributed by atoms with Crippen LogP contribution >= 0.6 is 24.0 Å². The van der Waals surface area contributed by atoms with Crippen molar-refractivity contribution in [1.82, 2.24) is 5.32 Å². The summed E-state index contributed by atoms with van der Waals surface area (Å²) in [5.41, 5.74) is 2.21. The molecule has 0 amide bonds.